The molecule has 0 bridgehead atoms. The Bertz CT molecular complexity index is 217. The molecule has 3 unspecified atom stereocenters. The zero-order chi connectivity index (χ0) is 14.1. The van der Waals surface area contributed by atoms with Crippen molar-refractivity contribution < 1.29 is 0 Å². The molecule has 0 spiro atoms. The van der Waals surface area contributed by atoms with Crippen molar-refractivity contribution in [3.05, 3.63) is 0 Å². The molecule has 0 aromatic rings. The van der Waals surface area contributed by atoms with E-state index in [1.54, 1.807) is 0 Å². The van der Waals surface area contributed by atoms with Gasteiger partial charge in [-0.15, -0.1) is 0 Å². The van der Waals surface area contributed by atoms with Crippen LogP contribution in [0.25, 0.3) is 0 Å². The number of hydrogen-bond donors (Lipinski definition) is 1. The molecular formula is C17H36N2. The van der Waals surface area contributed by atoms with Gasteiger partial charge in [0.1, 0.15) is 0 Å². The zero-order valence-corrected chi connectivity index (χ0v) is 13.8. The summed E-state index contributed by atoms with van der Waals surface area (Å²) in [7, 11) is 0. The van der Waals surface area contributed by atoms with Crippen LogP contribution in [0.4, 0.5) is 0 Å². The molecule has 1 rings (SSSR count). The van der Waals surface area contributed by atoms with Gasteiger partial charge in [0, 0.05) is 18.6 Å². The Kier molecular flexibility index (Phi) is 8.72. The van der Waals surface area contributed by atoms with E-state index in [9.17, 15) is 0 Å². The Hall–Kier alpha value is -0.0800. The summed E-state index contributed by atoms with van der Waals surface area (Å²) < 4.78 is 0. The maximum absolute atomic E-state index is 3.71. The van der Waals surface area contributed by atoms with Crippen molar-refractivity contribution in [1.29, 1.82) is 0 Å². The first-order valence-electron chi connectivity index (χ1n) is 8.64. The Morgan fingerprint density at radius 3 is 2.68 bits per heavy atom. The molecule has 2 heteroatoms. The van der Waals surface area contributed by atoms with Gasteiger partial charge >= 0.3 is 0 Å². The fraction of sp³-hybridized carbons (Fsp3) is 1.00. The number of hydrogen-bond acceptors (Lipinski definition) is 2. The van der Waals surface area contributed by atoms with Gasteiger partial charge in [0.05, 0.1) is 0 Å². The summed E-state index contributed by atoms with van der Waals surface area (Å²) in [5.74, 6) is 0.785. The van der Waals surface area contributed by atoms with E-state index in [2.05, 4.69) is 37.9 Å². The summed E-state index contributed by atoms with van der Waals surface area (Å²) in [6.07, 6.45) is 9.56. The van der Waals surface area contributed by atoms with E-state index in [0.717, 1.165) is 18.0 Å². The van der Waals surface area contributed by atoms with Gasteiger partial charge < -0.3 is 10.2 Å². The molecule has 2 nitrogen and oxygen atoms in total. The fourth-order valence-corrected chi connectivity index (χ4v) is 3.15. The van der Waals surface area contributed by atoms with Crippen molar-refractivity contribution in [1.82, 2.24) is 10.2 Å². The molecule has 19 heavy (non-hydrogen) atoms. The maximum Gasteiger partial charge on any atom is 0.00767 e. The second-order valence-corrected chi connectivity index (χ2v) is 6.60. The first-order valence-corrected chi connectivity index (χ1v) is 8.64. The van der Waals surface area contributed by atoms with Crippen LogP contribution >= 0.6 is 0 Å². The third kappa shape index (κ3) is 6.76. The summed E-state index contributed by atoms with van der Waals surface area (Å²) in [5.41, 5.74) is 0. The lowest BCUT2D eigenvalue weighted by atomic mass is 10.0. The Labute approximate surface area is 121 Å². The second-order valence-electron chi connectivity index (χ2n) is 6.60. The van der Waals surface area contributed by atoms with Crippen molar-refractivity contribution in [3.8, 4) is 0 Å². The van der Waals surface area contributed by atoms with Crippen LogP contribution in [-0.2, 0) is 0 Å². The fourth-order valence-electron chi connectivity index (χ4n) is 3.15. The normalized spacial score (nSPS) is 27.8. The Morgan fingerprint density at radius 2 is 2.00 bits per heavy atom. The molecule has 1 heterocycles. The summed E-state index contributed by atoms with van der Waals surface area (Å²) in [4.78, 5) is 2.75. The molecule has 1 fully saturated rings. The van der Waals surface area contributed by atoms with E-state index < -0.39 is 0 Å². The van der Waals surface area contributed by atoms with Crippen LogP contribution < -0.4 is 5.32 Å². The van der Waals surface area contributed by atoms with Gasteiger partial charge in [-0.05, 0) is 45.2 Å². The second kappa shape index (κ2) is 9.77. The molecule has 3 atom stereocenters. The monoisotopic (exact) mass is 268 g/mol. The van der Waals surface area contributed by atoms with Crippen LogP contribution in [0, 0.1) is 5.92 Å². The smallest absolute Gasteiger partial charge is 0.00767 e. The molecule has 1 N–H and O–H groups in total. The van der Waals surface area contributed by atoms with Crippen LogP contribution in [0.2, 0.25) is 0 Å². The lowest BCUT2D eigenvalue weighted by Gasteiger charge is -2.36. The van der Waals surface area contributed by atoms with E-state index in [1.807, 2.05) is 0 Å². The highest BCUT2D eigenvalue weighted by Gasteiger charge is 2.21. The average Bonchev–Trinajstić information content (AvgIpc) is 2.39. The van der Waals surface area contributed by atoms with Gasteiger partial charge in [-0.3, -0.25) is 0 Å². The molecule has 0 amide bonds. The lowest BCUT2D eigenvalue weighted by Crippen LogP contribution is -2.46. The van der Waals surface area contributed by atoms with Crippen molar-refractivity contribution in [3.63, 3.8) is 0 Å². The van der Waals surface area contributed by atoms with E-state index in [0.29, 0.717) is 0 Å². The standard InChI is InChI=1S/C17H36N2/c1-5-7-8-9-10-16(4)19-12-11-17(6-2)18-13-15(3)14-19/h15-18H,5-14H2,1-4H3. The molecule has 0 saturated carbocycles. The van der Waals surface area contributed by atoms with Gasteiger partial charge in [-0.1, -0.05) is 46.5 Å². The summed E-state index contributed by atoms with van der Waals surface area (Å²) >= 11 is 0. The van der Waals surface area contributed by atoms with Gasteiger partial charge in [0.25, 0.3) is 0 Å². The lowest BCUT2D eigenvalue weighted by molar-refractivity contribution is 0.145. The number of nitrogens with one attached hydrogen (secondary N) is 1. The first kappa shape index (κ1) is 17.0. The van der Waals surface area contributed by atoms with Gasteiger partial charge in [-0.2, -0.15) is 0 Å². The summed E-state index contributed by atoms with van der Waals surface area (Å²) in [5, 5.41) is 3.71. The molecule has 1 aliphatic heterocycles. The van der Waals surface area contributed by atoms with Crippen LogP contribution in [0.15, 0.2) is 0 Å². The minimum atomic E-state index is 0.734. The largest absolute Gasteiger partial charge is 0.314 e. The molecule has 1 saturated heterocycles. The highest BCUT2D eigenvalue weighted by atomic mass is 15.2. The maximum atomic E-state index is 3.71. The first-order chi connectivity index (χ1) is 9.17. The topological polar surface area (TPSA) is 15.3 Å². The quantitative estimate of drug-likeness (QED) is 0.701. The van der Waals surface area contributed by atoms with Crippen LogP contribution in [0.1, 0.15) is 72.6 Å². The van der Waals surface area contributed by atoms with Crippen LogP contribution in [-0.4, -0.2) is 36.6 Å². The van der Waals surface area contributed by atoms with E-state index in [-0.39, 0.29) is 0 Å². The molecule has 114 valence electrons. The Balaban J connectivity index is 2.35. The van der Waals surface area contributed by atoms with Gasteiger partial charge in [0.15, 0.2) is 0 Å². The number of rotatable bonds is 7. The highest BCUT2D eigenvalue weighted by Crippen LogP contribution is 2.16. The average molecular weight is 268 g/mol. The summed E-state index contributed by atoms with van der Waals surface area (Å²) in [6, 6.07) is 1.51. The minimum Gasteiger partial charge on any atom is -0.314 e. The van der Waals surface area contributed by atoms with Gasteiger partial charge in [0.2, 0.25) is 0 Å². The SMILES string of the molecule is CCCCCCC(C)N1CCC(CC)NCC(C)C1. The number of unbranched alkanes of at least 4 members (excludes halogenated alkanes) is 3. The van der Waals surface area contributed by atoms with Crippen molar-refractivity contribution in [2.45, 2.75) is 84.7 Å². The third-order valence-electron chi connectivity index (χ3n) is 4.66. The molecule has 1 aliphatic rings. The molecule has 0 aromatic carbocycles. The predicted octanol–water partition coefficient (Wildman–Crippen LogP) is 4.06. The van der Waals surface area contributed by atoms with E-state index in [1.165, 1.54) is 64.6 Å². The Morgan fingerprint density at radius 1 is 1.21 bits per heavy atom. The summed E-state index contributed by atoms with van der Waals surface area (Å²) in [6.45, 7) is 13.2. The predicted molar refractivity (Wildman–Crippen MR) is 85.7 cm³/mol. The highest BCUT2D eigenvalue weighted by molar-refractivity contribution is 4.78. The zero-order valence-electron chi connectivity index (χ0n) is 13.8. The van der Waals surface area contributed by atoms with Crippen LogP contribution in [0.5, 0.6) is 0 Å². The minimum absolute atomic E-state index is 0.734. The third-order valence-corrected chi connectivity index (χ3v) is 4.66. The van der Waals surface area contributed by atoms with E-state index in [4.69, 9.17) is 0 Å². The number of nitrogens with zero attached hydrogens (tertiary/aromatic N) is 1. The van der Waals surface area contributed by atoms with Crippen molar-refractivity contribution in [2.24, 2.45) is 5.92 Å². The van der Waals surface area contributed by atoms with Crippen molar-refractivity contribution in [2.75, 3.05) is 19.6 Å². The van der Waals surface area contributed by atoms with Gasteiger partial charge in [-0.25, -0.2) is 0 Å². The molecular weight excluding hydrogens is 232 g/mol. The molecule has 0 aromatic heterocycles. The van der Waals surface area contributed by atoms with E-state index >= 15 is 0 Å². The van der Waals surface area contributed by atoms with Crippen molar-refractivity contribution >= 4 is 0 Å². The molecule has 0 aliphatic carbocycles. The van der Waals surface area contributed by atoms with Crippen LogP contribution in [0.3, 0.4) is 0 Å². The molecule has 0 radical (unpaired) electrons.